The smallest absolute Gasteiger partial charge is 0.238 e. The van der Waals surface area contributed by atoms with Gasteiger partial charge in [0.2, 0.25) is 15.9 Å². The van der Waals surface area contributed by atoms with Crippen LogP contribution in [0.1, 0.15) is 51.3 Å². The van der Waals surface area contributed by atoms with Crippen LogP contribution in [0, 0.1) is 0 Å². The van der Waals surface area contributed by atoms with Gasteiger partial charge in [0.1, 0.15) is 5.82 Å². The summed E-state index contributed by atoms with van der Waals surface area (Å²) in [6.45, 7) is 4.55. The van der Waals surface area contributed by atoms with Crippen molar-refractivity contribution in [1.82, 2.24) is 14.5 Å². The number of hydrogen-bond acceptors (Lipinski definition) is 4. The average Bonchev–Trinajstić information content (AvgIpc) is 2.80. The minimum atomic E-state index is -3.76. The maximum absolute atomic E-state index is 12.6. The molecule has 2 aromatic rings. The van der Waals surface area contributed by atoms with Crippen molar-refractivity contribution in [2.45, 2.75) is 63.3 Å². The van der Waals surface area contributed by atoms with Crippen molar-refractivity contribution < 1.29 is 13.2 Å². The van der Waals surface area contributed by atoms with Gasteiger partial charge >= 0.3 is 0 Å². The maximum Gasteiger partial charge on any atom is 0.238 e. The summed E-state index contributed by atoms with van der Waals surface area (Å²) in [6, 6.07) is 4.77. The highest BCUT2D eigenvalue weighted by molar-refractivity contribution is 7.89. The summed E-state index contributed by atoms with van der Waals surface area (Å²) >= 11 is 0. The Hall–Kier alpha value is -1.93. The Labute approximate surface area is 160 Å². The van der Waals surface area contributed by atoms with Crippen molar-refractivity contribution in [3.05, 3.63) is 24.0 Å². The predicted molar refractivity (Wildman–Crippen MR) is 105 cm³/mol. The number of benzene rings is 1. The predicted octanol–water partition coefficient (Wildman–Crippen LogP) is 2.43. The van der Waals surface area contributed by atoms with E-state index >= 15 is 0 Å². The van der Waals surface area contributed by atoms with E-state index in [0.29, 0.717) is 18.4 Å². The second kappa shape index (κ2) is 8.39. The average molecular weight is 393 g/mol. The molecule has 0 bridgehead atoms. The second-order valence-electron chi connectivity index (χ2n) is 7.17. The van der Waals surface area contributed by atoms with Crippen LogP contribution in [0.5, 0.6) is 0 Å². The topological polar surface area (TPSA) is 98.3 Å². The van der Waals surface area contributed by atoms with Gasteiger partial charge < -0.3 is 9.47 Å². The lowest BCUT2D eigenvalue weighted by Crippen LogP contribution is -2.32. The summed E-state index contributed by atoms with van der Waals surface area (Å²) < 4.78 is 25.3. The number of sulfonamides is 1. The summed E-state index contributed by atoms with van der Waals surface area (Å²) in [4.78, 5) is 19.2. The molecule has 1 aromatic carbocycles. The van der Waals surface area contributed by atoms with Crippen LogP contribution in [-0.4, -0.2) is 41.9 Å². The third kappa shape index (κ3) is 4.68. The number of likely N-dealkylation sites (tertiary alicyclic amines) is 1. The highest BCUT2D eigenvalue weighted by Crippen LogP contribution is 2.22. The molecule has 0 atom stereocenters. The lowest BCUT2D eigenvalue weighted by molar-refractivity contribution is -0.131. The zero-order chi connectivity index (χ0) is 19.4. The molecular weight excluding hydrogens is 364 g/mol. The molecule has 1 aliphatic heterocycles. The molecule has 8 heteroatoms. The minimum absolute atomic E-state index is 0.0586. The van der Waals surface area contributed by atoms with E-state index < -0.39 is 10.0 Å². The van der Waals surface area contributed by atoms with Crippen LogP contribution in [0.3, 0.4) is 0 Å². The molecule has 3 rings (SSSR count). The summed E-state index contributed by atoms with van der Waals surface area (Å²) in [5.41, 5.74) is 1.48. The summed E-state index contributed by atoms with van der Waals surface area (Å²) in [7, 11) is -3.76. The Bertz CT molecular complexity index is 912. The van der Waals surface area contributed by atoms with E-state index in [4.69, 9.17) is 5.14 Å². The van der Waals surface area contributed by atoms with Crippen LogP contribution in [0.4, 0.5) is 0 Å². The van der Waals surface area contributed by atoms with Gasteiger partial charge in [0.15, 0.2) is 0 Å². The highest BCUT2D eigenvalue weighted by atomic mass is 32.2. The molecular formula is C19H28N4O3S. The molecule has 27 heavy (non-hydrogen) atoms. The number of carbonyl (C=O) groups excluding carboxylic acids is 1. The number of amides is 1. The number of nitrogens with zero attached hydrogens (tertiary/aromatic N) is 3. The molecule has 148 valence electrons. The molecule has 7 nitrogen and oxygen atoms in total. The molecule has 2 N–H and O–H groups in total. The van der Waals surface area contributed by atoms with E-state index in [-0.39, 0.29) is 10.8 Å². The van der Waals surface area contributed by atoms with Crippen LogP contribution in [0.25, 0.3) is 11.0 Å². The Morgan fingerprint density at radius 3 is 2.52 bits per heavy atom. The van der Waals surface area contributed by atoms with Gasteiger partial charge in [-0.15, -0.1) is 0 Å². The first-order valence-corrected chi connectivity index (χ1v) is 11.2. The number of nitrogens with two attached hydrogens (primary N) is 1. The zero-order valence-electron chi connectivity index (χ0n) is 15.9. The Morgan fingerprint density at radius 2 is 1.89 bits per heavy atom. The van der Waals surface area contributed by atoms with Crippen molar-refractivity contribution in [2.75, 3.05) is 13.1 Å². The zero-order valence-corrected chi connectivity index (χ0v) is 16.7. The normalized spacial score (nSPS) is 15.9. The third-order valence-electron chi connectivity index (χ3n) is 5.10. The number of imidazole rings is 1. The summed E-state index contributed by atoms with van der Waals surface area (Å²) in [5.74, 6) is 0.999. The van der Waals surface area contributed by atoms with Crippen LogP contribution < -0.4 is 5.14 Å². The molecule has 1 amide bonds. The van der Waals surface area contributed by atoms with E-state index in [2.05, 4.69) is 16.5 Å². The standard InChI is InChI=1S/C19H28N4O3S/c1-2-11-23-17-8-7-15(27(20,25)26)14-16(17)21-18(23)9-10-19(24)22-12-5-3-4-6-13-22/h7-8,14H,2-6,9-13H2,1H3,(H2,20,25,26). The van der Waals surface area contributed by atoms with Crippen molar-refractivity contribution in [1.29, 1.82) is 0 Å². The number of aromatic nitrogens is 2. The van der Waals surface area contributed by atoms with Gasteiger partial charge in [0.05, 0.1) is 15.9 Å². The quantitative estimate of drug-likeness (QED) is 0.816. The lowest BCUT2D eigenvalue weighted by Gasteiger charge is -2.20. The van der Waals surface area contributed by atoms with Crippen LogP contribution >= 0.6 is 0 Å². The van der Waals surface area contributed by atoms with Crippen LogP contribution in [0.2, 0.25) is 0 Å². The molecule has 1 fully saturated rings. The first-order valence-electron chi connectivity index (χ1n) is 9.70. The number of carbonyl (C=O) groups is 1. The van der Waals surface area contributed by atoms with Crippen molar-refractivity contribution in [3.8, 4) is 0 Å². The summed E-state index contributed by atoms with van der Waals surface area (Å²) in [6.07, 6.45) is 6.46. The van der Waals surface area contributed by atoms with Gasteiger partial charge in [-0.2, -0.15) is 0 Å². The molecule has 0 aliphatic carbocycles. The second-order valence-corrected chi connectivity index (χ2v) is 8.73. The molecule has 1 aliphatic rings. The van der Waals surface area contributed by atoms with Crippen molar-refractivity contribution >= 4 is 27.0 Å². The Morgan fingerprint density at radius 1 is 1.19 bits per heavy atom. The minimum Gasteiger partial charge on any atom is -0.343 e. The van der Waals surface area contributed by atoms with Gasteiger partial charge in [0, 0.05) is 32.5 Å². The molecule has 0 saturated carbocycles. The number of rotatable bonds is 6. The van der Waals surface area contributed by atoms with Gasteiger partial charge in [0.25, 0.3) is 0 Å². The number of aryl methyl sites for hydroxylation is 2. The fourth-order valence-electron chi connectivity index (χ4n) is 3.70. The molecule has 0 spiro atoms. The largest absolute Gasteiger partial charge is 0.343 e. The Kier molecular flexibility index (Phi) is 6.16. The first kappa shape index (κ1) is 19.8. The van der Waals surface area contributed by atoms with E-state index in [1.165, 1.54) is 25.0 Å². The number of hydrogen-bond donors (Lipinski definition) is 1. The van der Waals surface area contributed by atoms with Gasteiger partial charge in [-0.05, 0) is 37.5 Å². The van der Waals surface area contributed by atoms with E-state index in [1.807, 2.05) is 4.90 Å². The first-order chi connectivity index (χ1) is 12.9. The van der Waals surface area contributed by atoms with Crippen molar-refractivity contribution in [2.24, 2.45) is 5.14 Å². The molecule has 1 aromatic heterocycles. The van der Waals surface area contributed by atoms with Gasteiger partial charge in [-0.3, -0.25) is 4.79 Å². The SMILES string of the molecule is CCCn1c(CCC(=O)N2CCCCCC2)nc2cc(S(N)(=O)=O)ccc21. The monoisotopic (exact) mass is 392 g/mol. The number of fused-ring (bicyclic) bond motifs is 1. The molecule has 0 unspecified atom stereocenters. The van der Waals surface area contributed by atoms with Gasteiger partial charge in [-0.25, -0.2) is 18.5 Å². The molecule has 1 saturated heterocycles. The van der Waals surface area contributed by atoms with E-state index in [1.54, 1.807) is 6.07 Å². The number of primary sulfonamides is 1. The van der Waals surface area contributed by atoms with Crippen molar-refractivity contribution in [3.63, 3.8) is 0 Å². The summed E-state index contributed by atoms with van der Waals surface area (Å²) in [5, 5.41) is 5.23. The fourth-order valence-corrected chi connectivity index (χ4v) is 4.23. The third-order valence-corrected chi connectivity index (χ3v) is 6.01. The van der Waals surface area contributed by atoms with Crippen LogP contribution in [-0.2, 0) is 27.8 Å². The lowest BCUT2D eigenvalue weighted by atomic mass is 10.2. The van der Waals surface area contributed by atoms with E-state index in [0.717, 1.165) is 50.2 Å². The Balaban J connectivity index is 1.82. The van der Waals surface area contributed by atoms with Crippen LogP contribution in [0.15, 0.2) is 23.1 Å². The maximum atomic E-state index is 12.6. The fraction of sp³-hybridized carbons (Fsp3) is 0.579. The molecule has 2 heterocycles. The molecule has 0 radical (unpaired) electrons. The highest BCUT2D eigenvalue weighted by Gasteiger charge is 2.18. The van der Waals surface area contributed by atoms with E-state index in [9.17, 15) is 13.2 Å². The van der Waals surface area contributed by atoms with Gasteiger partial charge in [-0.1, -0.05) is 19.8 Å².